The molecule has 7 nitrogen and oxygen atoms in total. The number of urea groups is 1. The minimum Gasteiger partial charge on any atom is -0.506 e. The normalized spacial score (nSPS) is 14.9. The van der Waals surface area contributed by atoms with Crippen LogP contribution >= 0.6 is 0 Å². The van der Waals surface area contributed by atoms with Gasteiger partial charge in [-0.1, -0.05) is 12.1 Å². The topological polar surface area (TPSA) is 93.1 Å². The molecule has 21 heavy (non-hydrogen) atoms. The van der Waals surface area contributed by atoms with Gasteiger partial charge in [0.25, 0.3) is 0 Å². The summed E-state index contributed by atoms with van der Waals surface area (Å²) < 4.78 is 0. The van der Waals surface area contributed by atoms with E-state index >= 15 is 0 Å². The molecule has 0 radical (unpaired) electrons. The fraction of sp³-hybridized carbons (Fsp3) is 0.429. The Hall–Kier alpha value is -2.44. The molecule has 0 saturated carbocycles. The maximum absolute atomic E-state index is 11.8. The van der Waals surface area contributed by atoms with Crippen LogP contribution in [0.15, 0.2) is 24.3 Å². The lowest BCUT2D eigenvalue weighted by Crippen LogP contribution is -2.52. The van der Waals surface area contributed by atoms with E-state index in [2.05, 4.69) is 5.32 Å². The molecule has 0 spiro atoms. The average molecular weight is 293 g/mol. The number of nitrogens with one attached hydrogen (secondary N) is 1. The molecule has 0 bridgehead atoms. The Morgan fingerprint density at radius 2 is 1.81 bits per heavy atom. The minimum absolute atomic E-state index is 0.0798. The molecule has 2 rings (SSSR count). The van der Waals surface area contributed by atoms with E-state index in [0.29, 0.717) is 26.2 Å². The number of phenolic OH excluding ortho intramolecular Hbond substituents is 1. The predicted octanol–water partition coefficient (Wildman–Crippen LogP) is 0.699. The summed E-state index contributed by atoms with van der Waals surface area (Å²) in [4.78, 5) is 25.9. The van der Waals surface area contributed by atoms with Gasteiger partial charge in [-0.05, 0) is 12.1 Å². The van der Waals surface area contributed by atoms with Crippen LogP contribution in [0.4, 0.5) is 10.5 Å². The third-order valence-corrected chi connectivity index (χ3v) is 3.40. The van der Waals surface area contributed by atoms with Crippen LogP contribution < -0.4 is 10.2 Å². The van der Waals surface area contributed by atoms with Crippen LogP contribution in [0.25, 0.3) is 0 Å². The zero-order valence-electron chi connectivity index (χ0n) is 11.7. The van der Waals surface area contributed by atoms with E-state index in [1.165, 1.54) is 0 Å². The van der Waals surface area contributed by atoms with E-state index in [1.54, 1.807) is 17.0 Å². The summed E-state index contributed by atoms with van der Waals surface area (Å²) in [5, 5.41) is 20.9. The Bertz CT molecular complexity index is 513. The number of carboxylic acid groups (broad SMARTS) is 1. The Morgan fingerprint density at radius 3 is 2.43 bits per heavy atom. The molecular weight excluding hydrogens is 274 g/mol. The Kier molecular flexibility index (Phi) is 4.86. The number of carboxylic acids is 1. The molecule has 114 valence electrons. The summed E-state index contributed by atoms with van der Waals surface area (Å²) in [6.45, 7) is 2.46. The zero-order chi connectivity index (χ0) is 15.2. The van der Waals surface area contributed by atoms with Crippen molar-refractivity contribution >= 4 is 17.7 Å². The first-order valence-corrected chi connectivity index (χ1v) is 6.85. The number of benzene rings is 1. The molecule has 1 aliphatic rings. The lowest BCUT2D eigenvalue weighted by Gasteiger charge is -2.36. The number of para-hydroxylation sites is 2. The van der Waals surface area contributed by atoms with Crippen molar-refractivity contribution in [3.05, 3.63) is 24.3 Å². The predicted molar refractivity (Wildman–Crippen MR) is 77.5 cm³/mol. The number of hydrogen-bond donors (Lipinski definition) is 3. The number of carbonyl (C=O) groups is 2. The highest BCUT2D eigenvalue weighted by atomic mass is 16.4. The Labute approximate surface area is 122 Å². The second-order valence-electron chi connectivity index (χ2n) is 4.84. The van der Waals surface area contributed by atoms with E-state index < -0.39 is 5.97 Å². The summed E-state index contributed by atoms with van der Waals surface area (Å²) in [6.07, 6.45) is -0.0798. The smallest absolute Gasteiger partial charge is 0.317 e. The highest BCUT2D eigenvalue weighted by molar-refractivity contribution is 5.75. The van der Waals surface area contributed by atoms with Gasteiger partial charge in [-0.25, -0.2) is 4.79 Å². The molecule has 0 atom stereocenters. The molecule has 1 aromatic carbocycles. The van der Waals surface area contributed by atoms with Crippen LogP contribution in [-0.2, 0) is 4.79 Å². The van der Waals surface area contributed by atoms with Crippen molar-refractivity contribution in [2.75, 3.05) is 37.6 Å². The SMILES string of the molecule is O=C(O)CCNC(=O)N1CCN(c2ccccc2O)CC1. The van der Waals surface area contributed by atoms with Crippen molar-refractivity contribution in [3.63, 3.8) is 0 Å². The lowest BCUT2D eigenvalue weighted by molar-refractivity contribution is -0.136. The number of carbonyl (C=O) groups excluding carboxylic acids is 1. The molecule has 1 heterocycles. The fourth-order valence-corrected chi connectivity index (χ4v) is 2.27. The molecular formula is C14H19N3O4. The second kappa shape index (κ2) is 6.83. The van der Waals surface area contributed by atoms with Gasteiger partial charge in [0.2, 0.25) is 0 Å². The zero-order valence-corrected chi connectivity index (χ0v) is 11.7. The van der Waals surface area contributed by atoms with Gasteiger partial charge in [0.1, 0.15) is 5.75 Å². The van der Waals surface area contributed by atoms with Gasteiger partial charge in [0, 0.05) is 32.7 Å². The second-order valence-corrected chi connectivity index (χ2v) is 4.84. The number of piperazine rings is 1. The molecule has 2 amide bonds. The van der Waals surface area contributed by atoms with Gasteiger partial charge in [0.05, 0.1) is 12.1 Å². The molecule has 7 heteroatoms. The lowest BCUT2D eigenvalue weighted by atomic mass is 10.2. The van der Waals surface area contributed by atoms with Crippen LogP contribution in [-0.4, -0.2) is 59.8 Å². The van der Waals surface area contributed by atoms with Gasteiger partial charge < -0.3 is 25.3 Å². The van der Waals surface area contributed by atoms with Gasteiger partial charge in [-0.15, -0.1) is 0 Å². The van der Waals surface area contributed by atoms with E-state index in [9.17, 15) is 14.7 Å². The number of nitrogens with zero attached hydrogens (tertiary/aromatic N) is 2. The summed E-state index contributed by atoms with van der Waals surface area (Å²) in [5.74, 6) is -0.698. The maximum atomic E-state index is 11.8. The number of rotatable bonds is 4. The molecule has 1 saturated heterocycles. The Balaban J connectivity index is 1.82. The van der Waals surface area contributed by atoms with Crippen molar-refractivity contribution in [2.24, 2.45) is 0 Å². The number of hydrogen-bond acceptors (Lipinski definition) is 4. The summed E-state index contributed by atoms with van der Waals surface area (Å²) in [5.41, 5.74) is 0.767. The van der Waals surface area contributed by atoms with Gasteiger partial charge >= 0.3 is 12.0 Å². The van der Waals surface area contributed by atoms with Crippen LogP contribution in [0.5, 0.6) is 5.75 Å². The molecule has 3 N–H and O–H groups in total. The maximum Gasteiger partial charge on any atom is 0.317 e. The third-order valence-electron chi connectivity index (χ3n) is 3.40. The number of phenols is 1. The molecule has 1 aliphatic heterocycles. The fourth-order valence-electron chi connectivity index (χ4n) is 2.27. The number of aromatic hydroxyl groups is 1. The summed E-state index contributed by atoms with van der Waals surface area (Å²) in [6, 6.07) is 6.87. The van der Waals surface area contributed by atoms with Crippen LogP contribution in [0.2, 0.25) is 0 Å². The first-order chi connectivity index (χ1) is 10.1. The van der Waals surface area contributed by atoms with E-state index in [1.807, 2.05) is 17.0 Å². The van der Waals surface area contributed by atoms with Gasteiger partial charge in [-0.2, -0.15) is 0 Å². The van der Waals surface area contributed by atoms with Crippen molar-refractivity contribution in [1.29, 1.82) is 0 Å². The molecule has 0 aliphatic carbocycles. The molecule has 0 unspecified atom stereocenters. The van der Waals surface area contributed by atoms with Crippen molar-refractivity contribution in [1.82, 2.24) is 10.2 Å². The number of aliphatic carboxylic acids is 1. The number of amides is 2. The highest BCUT2D eigenvalue weighted by Gasteiger charge is 2.22. The van der Waals surface area contributed by atoms with E-state index in [-0.39, 0.29) is 24.7 Å². The monoisotopic (exact) mass is 293 g/mol. The van der Waals surface area contributed by atoms with Crippen molar-refractivity contribution in [2.45, 2.75) is 6.42 Å². The standard InChI is InChI=1S/C14H19N3O4/c18-12-4-2-1-3-11(12)16-7-9-17(10-8-16)14(21)15-6-5-13(19)20/h1-4,18H,5-10H2,(H,15,21)(H,19,20). The third kappa shape index (κ3) is 4.01. The van der Waals surface area contributed by atoms with E-state index in [0.717, 1.165) is 5.69 Å². The average Bonchev–Trinajstić information content (AvgIpc) is 2.47. The Morgan fingerprint density at radius 1 is 1.14 bits per heavy atom. The first-order valence-electron chi connectivity index (χ1n) is 6.85. The van der Waals surface area contributed by atoms with Crippen molar-refractivity contribution < 1.29 is 19.8 Å². The molecule has 1 aromatic rings. The minimum atomic E-state index is -0.931. The largest absolute Gasteiger partial charge is 0.506 e. The molecule has 0 aromatic heterocycles. The van der Waals surface area contributed by atoms with Crippen LogP contribution in [0, 0.1) is 0 Å². The van der Waals surface area contributed by atoms with Crippen LogP contribution in [0.1, 0.15) is 6.42 Å². The highest BCUT2D eigenvalue weighted by Crippen LogP contribution is 2.27. The molecule has 1 fully saturated rings. The number of anilines is 1. The summed E-state index contributed by atoms with van der Waals surface area (Å²) in [7, 11) is 0. The van der Waals surface area contributed by atoms with E-state index in [4.69, 9.17) is 5.11 Å². The summed E-state index contributed by atoms with van der Waals surface area (Å²) >= 11 is 0. The van der Waals surface area contributed by atoms with Gasteiger partial charge in [-0.3, -0.25) is 4.79 Å². The van der Waals surface area contributed by atoms with Crippen molar-refractivity contribution in [3.8, 4) is 5.75 Å². The van der Waals surface area contributed by atoms with Crippen LogP contribution in [0.3, 0.4) is 0 Å². The van der Waals surface area contributed by atoms with Gasteiger partial charge in [0.15, 0.2) is 0 Å². The quantitative estimate of drug-likeness (QED) is 0.760. The first kappa shape index (κ1) is 15.0.